The lowest BCUT2D eigenvalue weighted by molar-refractivity contribution is -0.257. The number of carbonyl (C=O) groups excluding carboxylic acids is 1. The molecule has 1 saturated carbocycles. The Kier molecular flexibility index (Phi) is 7.34. The summed E-state index contributed by atoms with van der Waals surface area (Å²) in [7, 11) is -4.19. The third kappa shape index (κ3) is 6.03. The highest BCUT2D eigenvalue weighted by molar-refractivity contribution is 7.92. The van der Waals surface area contributed by atoms with Crippen molar-refractivity contribution in [1.29, 1.82) is 0 Å². The number of carbonyl (C=O) groups is 2. The number of sulfonamides is 1. The molecule has 1 N–H and O–H groups in total. The third-order valence-corrected chi connectivity index (χ3v) is 8.15. The maximum absolute atomic E-state index is 13.8. The van der Waals surface area contributed by atoms with Gasteiger partial charge in [0, 0.05) is 18.8 Å². The molecule has 1 aromatic carbocycles. The van der Waals surface area contributed by atoms with Crippen LogP contribution in [0.3, 0.4) is 0 Å². The monoisotopic (exact) mass is 556 g/mol. The van der Waals surface area contributed by atoms with Crippen LogP contribution >= 0.6 is 0 Å². The zero-order valence-corrected chi connectivity index (χ0v) is 21.5. The first-order valence-electron chi connectivity index (χ1n) is 11.9. The molecule has 0 radical (unpaired) electrons. The average Bonchev–Trinajstić information content (AvgIpc) is 3.67. The number of aromatic nitrogens is 1. The number of hydrogen-bond donors (Lipinski definition) is 1. The smallest absolute Gasteiger partial charge is 0.427 e. The summed E-state index contributed by atoms with van der Waals surface area (Å²) in [6, 6.07) is 5.73. The van der Waals surface area contributed by atoms with Crippen LogP contribution in [0, 0.1) is 0 Å². The van der Waals surface area contributed by atoms with Crippen LogP contribution in [-0.4, -0.2) is 54.9 Å². The second-order valence-electron chi connectivity index (χ2n) is 9.90. The van der Waals surface area contributed by atoms with E-state index >= 15 is 0 Å². The fourth-order valence-electron chi connectivity index (χ4n) is 4.02. The van der Waals surface area contributed by atoms with Crippen LogP contribution in [0.1, 0.15) is 56.6 Å². The number of carboxylic acids is 1. The second kappa shape index (κ2) is 10.1. The van der Waals surface area contributed by atoms with Crippen LogP contribution in [0.2, 0.25) is 0 Å². The highest BCUT2D eigenvalue weighted by Gasteiger charge is 2.50. The number of anilines is 1. The molecule has 4 rings (SSSR count). The molecule has 2 heterocycles. The van der Waals surface area contributed by atoms with Crippen LogP contribution in [0.15, 0.2) is 41.6 Å². The number of hydrogen-bond acceptors (Lipinski definition) is 7. The molecule has 0 saturated heterocycles. The Morgan fingerprint density at radius 1 is 1.18 bits per heavy atom. The first kappa shape index (κ1) is 27.7. The predicted molar refractivity (Wildman–Crippen MR) is 128 cm³/mol. The van der Waals surface area contributed by atoms with E-state index in [0.717, 1.165) is 36.6 Å². The maximum Gasteiger partial charge on any atom is 0.427 e. The number of rotatable bonds is 9. The van der Waals surface area contributed by atoms with Crippen molar-refractivity contribution < 1.29 is 45.8 Å². The molecule has 2 aromatic rings. The molecule has 9 nitrogen and oxygen atoms in total. The van der Waals surface area contributed by atoms with Gasteiger partial charge in [0.1, 0.15) is 16.7 Å². The van der Waals surface area contributed by atoms with Crippen molar-refractivity contribution in [2.75, 3.05) is 10.8 Å². The normalized spacial score (nSPS) is 17.9. The first-order valence-corrected chi connectivity index (χ1v) is 13.4. The van der Waals surface area contributed by atoms with Crippen molar-refractivity contribution in [3.8, 4) is 5.75 Å². The topological polar surface area (TPSA) is 123 Å². The van der Waals surface area contributed by atoms with Crippen LogP contribution in [-0.2, 0) is 30.8 Å². The van der Waals surface area contributed by atoms with E-state index in [1.165, 1.54) is 24.4 Å². The first-order chi connectivity index (χ1) is 17.7. The van der Waals surface area contributed by atoms with Crippen LogP contribution in [0.25, 0.3) is 0 Å². The zero-order valence-electron chi connectivity index (χ0n) is 20.7. The summed E-state index contributed by atoms with van der Waals surface area (Å²) >= 11 is 0. The van der Waals surface area contributed by atoms with Gasteiger partial charge < -0.3 is 14.6 Å². The molecule has 206 valence electrons. The Bertz CT molecular complexity index is 1340. The van der Waals surface area contributed by atoms with Crippen molar-refractivity contribution in [2.24, 2.45) is 0 Å². The van der Waals surface area contributed by atoms with Gasteiger partial charge in [0.25, 0.3) is 10.0 Å². The summed E-state index contributed by atoms with van der Waals surface area (Å²) in [5.74, 6) is -1.82. The lowest BCUT2D eigenvalue weighted by Crippen LogP contribution is -2.44. The minimum absolute atomic E-state index is 0.0434. The molecule has 0 spiro atoms. The summed E-state index contributed by atoms with van der Waals surface area (Å²) < 4.78 is 78.4. The minimum atomic E-state index is -4.77. The molecule has 1 aromatic heterocycles. The molecule has 1 fully saturated rings. The number of halogens is 3. The van der Waals surface area contributed by atoms with E-state index < -0.39 is 46.3 Å². The number of pyridine rings is 1. The quantitative estimate of drug-likeness (QED) is 0.456. The molecule has 13 heteroatoms. The molecule has 0 bridgehead atoms. The Labute approximate surface area is 217 Å². The van der Waals surface area contributed by atoms with Crippen LogP contribution in [0.5, 0.6) is 5.75 Å². The van der Waals surface area contributed by atoms with Crippen LogP contribution < -0.4 is 9.04 Å². The Morgan fingerprint density at radius 3 is 2.53 bits per heavy atom. The number of aliphatic carboxylic acids is 1. The van der Waals surface area contributed by atoms with Gasteiger partial charge in [-0.3, -0.25) is 18.9 Å². The van der Waals surface area contributed by atoms with Gasteiger partial charge in [-0.2, -0.15) is 13.2 Å². The summed E-state index contributed by atoms with van der Waals surface area (Å²) in [6.07, 6.45) is -1.56. The molecule has 1 atom stereocenters. The Balaban J connectivity index is 1.66. The van der Waals surface area contributed by atoms with E-state index in [-0.39, 0.29) is 47.2 Å². The van der Waals surface area contributed by atoms with Crippen molar-refractivity contribution in [1.82, 2.24) is 4.98 Å². The lowest BCUT2D eigenvalue weighted by atomic mass is 10.1. The Morgan fingerprint density at radius 2 is 1.89 bits per heavy atom. The molecule has 2 aliphatic rings. The van der Waals surface area contributed by atoms with Gasteiger partial charge in [-0.15, -0.1) is 0 Å². The number of benzene rings is 1. The van der Waals surface area contributed by atoms with E-state index in [1.807, 2.05) is 0 Å². The Hall–Kier alpha value is -3.35. The zero-order chi connectivity index (χ0) is 27.9. The summed E-state index contributed by atoms with van der Waals surface area (Å²) in [5, 5.41) is 9.07. The van der Waals surface area contributed by atoms with E-state index in [0.29, 0.717) is 0 Å². The molecule has 0 unspecified atom stereocenters. The number of carboxylic acid groups (broad SMARTS) is 1. The van der Waals surface area contributed by atoms with Crippen molar-refractivity contribution in [2.45, 2.75) is 74.6 Å². The molecule has 1 aliphatic heterocycles. The largest absolute Gasteiger partial charge is 0.486 e. The fraction of sp³-hybridized carbons (Fsp3) is 0.480. The number of fused-ring (bicyclic) bond motifs is 1. The third-order valence-electron chi connectivity index (χ3n) is 6.41. The molecule has 38 heavy (non-hydrogen) atoms. The van der Waals surface area contributed by atoms with Gasteiger partial charge in [-0.1, -0.05) is 6.07 Å². The minimum Gasteiger partial charge on any atom is -0.486 e. The van der Waals surface area contributed by atoms with Gasteiger partial charge in [0.15, 0.2) is 0 Å². The van der Waals surface area contributed by atoms with Crippen LogP contribution in [0.4, 0.5) is 18.9 Å². The SMILES string of the molecule is CC(C)(OC(=O)Cc1ccc2c(c1)N(S(=O)(=O)c1cncc(C3CC3)c1)C[C@H](CCC(=O)O)O2)C(F)(F)F. The number of alkyl halides is 3. The van der Waals surface area contributed by atoms with Crippen molar-refractivity contribution in [3.63, 3.8) is 0 Å². The fourth-order valence-corrected chi connectivity index (χ4v) is 5.52. The van der Waals surface area contributed by atoms with Gasteiger partial charge >= 0.3 is 18.1 Å². The van der Waals surface area contributed by atoms with Crippen molar-refractivity contribution in [3.05, 3.63) is 47.8 Å². The standard InChI is InChI=1S/C25H27F3N2O7S/c1-24(2,25(26,27)28)37-23(33)10-15-3-7-21-20(9-15)30(14-18(36-21)6-8-22(31)32)38(34,35)19-11-17(12-29-13-19)16-4-5-16/h3,7,9,11-13,16,18H,4-6,8,10,14H2,1-2H3,(H,31,32)/t18-/m0/s1. The second-order valence-corrected chi connectivity index (χ2v) is 11.8. The maximum atomic E-state index is 13.8. The van der Waals surface area contributed by atoms with E-state index in [9.17, 15) is 31.2 Å². The van der Waals surface area contributed by atoms with Gasteiger partial charge in [-0.05, 0) is 68.4 Å². The number of esters is 1. The van der Waals surface area contributed by atoms with E-state index in [1.54, 1.807) is 12.3 Å². The van der Waals surface area contributed by atoms with E-state index in [4.69, 9.17) is 9.84 Å². The molecular weight excluding hydrogens is 529 g/mol. The highest BCUT2D eigenvalue weighted by atomic mass is 32.2. The highest BCUT2D eigenvalue weighted by Crippen LogP contribution is 2.42. The summed E-state index contributed by atoms with van der Waals surface area (Å²) in [6.45, 7) is 1.27. The van der Waals surface area contributed by atoms with Crippen molar-refractivity contribution >= 4 is 27.6 Å². The number of ether oxygens (including phenoxy) is 2. The summed E-state index contributed by atoms with van der Waals surface area (Å²) in [5.41, 5.74) is -1.61. The van der Waals surface area contributed by atoms with E-state index in [2.05, 4.69) is 9.72 Å². The van der Waals surface area contributed by atoms with Gasteiger partial charge in [0.2, 0.25) is 5.60 Å². The van der Waals surface area contributed by atoms with Gasteiger partial charge in [-0.25, -0.2) is 8.42 Å². The summed E-state index contributed by atoms with van der Waals surface area (Å²) in [4.78, 5) is 27.4. The number of nitrogens with zero attached hydrogens (tertiary/aromatic N) is 2. The molecule has 0 amide bonds. The lowest BCUT2D eigenvalue weighted by Gasteiger charge is -2.35. The molecule has 1 aliphatic carbocycles. The average molecular weight is 557 g/mol. The van der Waals surface area contributed by atoms with Gasteiger partial charge in [0.05, 0.1) is 18.7 Å². The predicted octanol–water partition coefficient (Wildman–Crippen LogP) is 4.21. The molecular formula is C25H27F3N2O7S.